The van der Waals surface area contributed by atoms with Crippen molar-refractivity contribution >= 4 is 19.8 Å². The maximum atomic E-state index is 12.3. The van der Waals surface area contributed by atoms with Gasteiger partial charge in [0.1, 0.15) is 6.61 Å². The normalized spacial score (nSPS) is 13.0. The molecule has 0 spiro atoms. The molecular weight excluding hydrogens is 627 g/mol. The molecule has 2 N–H and O–H groups in total. The van der Waals surface area contributed by atoms with Crippen molar-refractivity contribution in [1.29, 1.82) is 0 Å². The average Bonchev–Trinajstić information content (AvgIpc) is 3.05. The molecule has 0 unspecified atom stereocenters. The summed E-state index contributed by atoms with van der Waals surface area (Å²) in [6.45, 7) is 3.59. The number of phosphoric acid groups is 1. The van der Waals surface area contributed by atoms with Crippen molar-refractivity contribution in [2.24, 2.45) is 0 Å². The van der Waals surface area contributed by atoms with E-state index in [4.69, 9.17) is 19.3 Å². The number of hydrogen-bond acceptors (Lipinski definition) is 6. The minimum absolute atomic E-state index is 0.161. The second-order valence-corrected chi connectivity index (χ2v) is 13.8. The third kappa shape index (κ3) is 36.8. The number of carbonyl (C=O) groups is 2. The summed E-state index contributed by atoms with van der Waals surface area (Å²) in [5.74, 6) is -0.937. The molecule has 0 aromatic carbocycles. The van der Waals surface area contributed by atoms with Crippen LogP contribution in [0.4, 0.5) is 0 Å². The maximum absolute atomic E-state index is 12.3. The number of rotatable bonds is 34. The molecule has 0 fully saturated rings. The van der Waals surface area contributed by atoms with Crippen LogP contribution in [0.25, 0.3) is 0 Å². The van der Waals surface area contributed by atoms with E-state index in [1.807, 2.05) is 0 Å². The summed E-state index contributed by atoms with van der Waals surface area (Å²) in [5.41, 5.74) is 0. The molecule has 0 bridgehead atoms. The van der Waals surface area contributed by atoms with Crippen LogP contribution in [-0.4, -0.2) is 41.0 Å². The number of unbranched alkanes of at least 4 members (excludes halogenated alkanes) is 16. The van der Waals surface area contributed by atoms with Gasteiger partial charge in [0.25, 0.3) is 0 Å². The van der Waals surface area contributed by atoms with E-state index in [2.05, 4.69) is 67.0 Å². The summed E-state index contributed by atoms with van der Waals surface area (Å²) in [6.07, 6.45) is 41.1. The summed E-state index contributed by atoms with van der Waals surface area (Å²) in [7, 11) is -4.76. The largest absolute Gasteiger partial charge is 0.469 e. The highest BCUT2D eigenvalue weighted by molar-refractivity contribution is 7.46. The molecule has 0 aliphatic heterocycles. The second kappa shape index (κ2) is 34.9. The summed E-state index contributed by atoms with van der Waals surface area (Å²) in [4.78, 5) is 42.7. The van der Waals surface area contributed by atoms with E-state index < -0.39 is 32.5 Å². The van der Waals surface area contributed by atoms with Crippen LogP contribution in [0.1, 0.15) is 168 Å². The molecule has 0 aliphatic carbocycles. The number of hydrogen-bond donors (Lipinski definition) is 2. The Balaban J connectivity index is 4.05. The van der Waals surface area contributed by atoms with E-state index in [1.54, 1.807) is 0 Å². The summed E-state index contributed by atoms with van der Waals surface area (Å²) in [5, 5.41) is 0. The highest BCUT2D eigenvalue weighted by atomic mass is 31.2. The van der Waals surface area contributed by atoms with Crippen LogP contribution in [0.5, 0.6) is 0 Å². The number of ether oxygens (including phenoxy) is 2. The Bertz CT molecular complexity index is 921. The van der Waals surface area contributed by atoms with Crippen molar-refractivity contribution in [2.45, 2.75) is 174 Å². The Morgan fingerprint density at radius 1 is 0.542 bits per heavy atom. The lowest BCUT2D eigenvalue weighted by atomic mass is 10.1. The third-order valence-electron chi connectivity index (χ3n) is 7.82. The molecule has 0 saturated carbocycles. The highest BCUT2D eigenvalue weighted by Gasteiger charge is 2.22. The Labute approximate surface area is 293 Å². The molecule has 0 aliphatic rings. The van der Waals surface area contributed by atoms with Gasteiger partial charge in [-0.05, 0) is 77.0 Å². The molecule has 0 saturated heterocycles. The van der Waals surface area contributed by atoms with Gasteiger partial charge in [0, 0.05) is 12.8 Å². The average molecular weight is 697 g/mol. The number of esters is 2. The van der Waals surface area contributed by atoms with Gasteiger partial charge in [0.05, 0.1) is 6.61 Å². The van der Waals surface area contributed by atoms with E-state index in [0.717, 1.165) is 57.8 Å². The molecule has 278 valence electrons. The minimum Gasteiger partial charge on any atom is -0.462 e. The summed E-state index contributed by atoms with van der Waals surface area (Å²) in [6, 6.07) is 0. The number of carbonyl (C=O) groups excluding carboxylic acids is 2. The van der Waals surface area contributed by atoms with Crippen molar-refractivity contribution in [3.63, 3.8) is 0 Å². The Morgan fingerprint density at radius 2 is 0.938 bits per heavy atom. The zero-order valence-corrected chi connectivity index (χ0v) is 31.3. The lowest BCUT2D eigenvalue weighted by molar-refractivity contribution is -0.161. The van der Waals surface area contributed by atoms with Gasteiger partial charge < -0.3 is 19.3 Å². The first-order valence-corrected chi connectivity index (χ1v) is 20.5. The van der Waals surface area contributed by atoms with Gasteiger partial charge in [-0.1, -0.05) is 127 Å². The standard InChI is InChI=1S/C39H69O8P/c1-3-5-7-9-11-13-15-17-19-21-23-25-27-29-31-33-38(40)45-35-37(36-46-48(42,43)44)47-39(41)34-32-30-28-26-24-22-20-18-16-14-12-10-8-6-4-2/h12-15,18,20,24,26,37H,3-11,16-17,19,21-23,25,27-36H2,1-2H3,(H2,42,43,44)/b14-12-,15-13-,20-18-,26-24-/t37-/m1/s1. The summed E-state index contributed by atoms with van der Waals surface area (Å²) < 4.78 is 26.3. The number of phosphoric ester groups is 1. The topological polar surface area (TPSA) is 119 Å². The van der Waals surface area contributed by atoms with Crippen LogP contribution in [0, 0.1) is 0 Å². The molecule has 0 rings (SSSR count). The van der Waals surface area contributed by atoms with Crippen molar-refractivity contribution in [3.05, 3.63) is 48.6 Å². The lowest BCUT2D eigenvalue weighted by Gasteiger charge is -2.18. The van der Waals surface area contributed by atoms with E-state index in [0.29, 0.717) is 12.8 Å². The van der Waals surface area contributed by atoms with Gasteiger partial charge >= 0.3 is 19.8 Å². The van der Waals surface area contributed by atoms with Crippen molar-refractivity contribution < 1.29 is 37.9 Å². The smallest absolute Gasteiger partial charge is 0.462 e. The van der Waals surface area contributed by atoms with Gasteiger partial charge in [-0.15, -0.1) is 0 Å². The third-order valence-corrected chi connectivity index (χ3v) is 8.31. The fourth-order valence-corrected chi connectivity index (χ4v) is 5.32. The fourth-order valence-electron chi connectivity index (χ4n) is 4.96. The first-order valence-electron chi connectivity index (χ1n) is 18.9. The molecule has 0 aromatic heterocycles. The van der Waals surface area contributed by atoms with Gasteiger partial charge in [-0.2, -0.15) is 0 Å². The van der Waals surface area contributed by atoms with Crippen LogP contribution in [0.3, 0.4) is 0 Å². The first kappa shape index (κ1) is 46.0. The maximum Gasteiger partial charge on any atom is 0.469 e. The molecule has 8 nitrogen and oxygen atoms in total. The Kier molecular flexibility index (Phi) is 33.4. The Hall–Kier alpha value is -1.99. The van der Waals surface area contributed by atoms with E-state index in [-0.39, 0.29) is 19.4 Å². The molecular formula is C39H69O8P. The SMILES string of the molecule is CCCCC/C=C\C/C=C\C/C=C\CCCCC(=O)O[C@H](COC(=O)CCCCCCCCC/C=C\CCCCCC)COP(=O)(O)O. The number of allylic oxidation sites excluding steroid dienone is 8. The van der Waals surface area contributed by atoms with Crippen LogP contribution in [0.15, 0.2) is 48.6 Å². The second-order valence-electron chi connectivity index (χ2n) is 12.5. The van der Waals surface area contributed by atoms with Crippen LogP contribution in [0.2, 0.25) is 0 Å². The minimum atomic E-state index is -4.76. The molecule has 0 heterocycles. The monoisotopic (exact) mass is 696 g/mol. The molecule has 48 heavy (non-hydrogen) atoms. The predicted octanol–water partition coefficient (Wildman–Crippen LogP) is 11.2. The van der Waals surface area contributed by atoms with Gasteiger partial charge in [0.15, 0.2) is 6.10 Å². The predicted molar refractivity (Wildman–Crippen MR) is 198 cm³/mol. The van der Waals surface area contributed by atoms with Crippen molar-refractivity contribution in [2.75, 3.05) is 13.2 Å². The van der Waals surface area contributed by atoms with Gasteiger partial charge in [-0.3, -0.25) is 14.1 Å². The zero-order valence-electron chi connectivity index (χ0n) is 30.4. The first-order chi connectivity index (χ1) is 23.3. The van der Waals surface area contributed by atoms with Crippen molar-refractivity contribution in [1.82, 2.24) is 0 Å². The molecule has 0 radical (unpaired) electrons. The molecule has 1 atom stereocenters. The van der Waals surface area contributed by atoms with E-state index >= 15 is 0 Å². The van der Waals surface area contributed by atoms with E-state index in [9.17, 15) is 14.2 Å². The zero-order chi connectivity index (χ0) is 35.4. The van der Waals surface area contributed by atoms with Crippen LogP contribution >= 0.6 is 7.82 Å². The van der Waals surface area contributed by atoms with Crippen molar-refractivity contribution in [3.8, 4) is 0 Å². The highest BCUT2D eigenvalue weighted by Crippen LogP contribution is 2.36. The lowest BCUT2D eigenvalue weighted by Crippen LogP contribution is -2.29. The van der Waals surface area contributed by atoms with Gasteiger partial charge in [0.2, 0.25) is 0 Å². The fraction of sp³-hybridized carbons (Fsp3) is 0.744. The Morgan fingerprint density at radius 3 is 1.50 bits per heavy atom. The van der Waals surface area contributed by atoms with Crippen LogP contribution < -0.4 is 0 Å². The molecule has 0 amide bonds. The molecule has 9 heteroatoms. The van der Waals surface area contributed by atoms with Crippen LogP contribution in [-0.2, 0) is 28.2 Å². The quantitative estimate of drug-likeness (QED) is 0.0295. The molecule has 0 aromatic rings. The van der Waals surface area contributed by atoms with E-state index in [1.165, 1.54) is 70.6 Å². The summed E-state index contributed by atoms with van der Waals surface area (Å²) >= 11 is 0. The van der Waals surface area contributed by atoms with Gasteiger partial charge in [-0.25, -0.2) is 4.57 Å².